The van der Waals surface area contributed by atoms with E-state index in [1.54, 1.807) is 60.7 Å². The molecule has 0 bridgehead atoms. The number of esters is 2. The normalized spacial score (nSPS) is 22.0. The van der Waals surface area contributed by atoms with Crippen LogP contribution in [0.5, 0.6) is 0 Å². The first-order valence-corrected chi connectivity index (χ1v) is 8.35. The zero-order valence-electron chi connectivity index (χ0n) is 14.0. The molecule has 1 saturated heterocycles. The van der Waals surface area contributed by atoms with Crippen molar-refractivity contribution in [1.82, 2.24) is 0 Å². The molecule has 1 aliphatic heterocycles. The summed E-state index contributed by atoms with van der Waals surface area (Å²) in [5.41, 5.74) is 0.809. The number of hydrogen-bond acceptors (Lipinski definition) is 5. The summed E-state index contributed by atoms with van der Waals surface area (Å²) in [7, 11) is 0. The van der Waals surface area contributed by atoms with Gasteiger partial charge >= 0.3 is 11.9 Å². The average molecular weight is 358 g/mol. The Morgan fingerprint density at radius 1 is 0.885 bits per heavy atom. The van der Waals surface area contributed by atoms with Crippen LogP contribution in [0, 0.1) is 5.92 Å². The van der Waals surface area contributed by atoms with E-state index < -0.39 is 30.1 Å². The summed E-state index contributed by atoms with van der Waals surface area (Å²) in [6, 6.07) is 17.0. The van der Waals surface area contributed by atoms with E-state index >= 15 is 0 Å². The van der Waals surface area contributed by atoms with Crippen molar-refractivity contribution in [3.8, 4) is 0 Å². The summed E-state index contributed by atoms with van der Waals surface area (Å²) >= 11 is 0. The van der Waals surface area contributed by atoms with Gasteiger partial charge in [-0.3, -0.25) is 0 Å². The van der Waals surface area contributed by atoms with Crippen LogP contribution in [0.1, 0.15) is 20.7 Å². The molecule has 3 rings (SSSR count). The number of halogens is 1. The average Bonchev–Trinajstić information content (AvgIpc) is 3.05. The van der Waals surface area contributed by atoms with Crippen LogP contribution in [0.25, 0.3) is 0 Å². The monoisotopic (exact) mass is 358 g/mol. The molecular formula is C20H19FO5. The number of hydrogen-bond donors (Lipinski definition) is 0. The van der Waals surface area contributed by atoms with Crippen LogP contribution >= 0.6 is 0 Å². The number of carbonyl (C=O) groups excluding carboxylic acids is 2. The molecule has 0 aliphatic carbocycles. The first kappa shape index (κ1) is 18.1. The van der Waals surface area contributed by atoms with Crippen LogP contribution in [-0.2, 0) is 14.2 Å². The Kier molecular flexibility index (Phi) is 5.96. The minimum absolute atomic E-state index is 0.0955. The van der Waals surface area contributed by atoms with E-state index in [2.05, 4.69) is 0 Å². The van der Waals surface area contributed by atoms with Gasteiger partial charge < -0.3 is 14.2 Å². The topological polar surface area (TPSA) is 61.8 Å². The van der Waals surface area contributed by atoms with E-state index in [0.29, 0.717) is 11.1 Å². The van der Waals surface area contributed by atoms with Crippen molar-refractivity contribution >= 4 is 11.9 Å². The molecule has 0 aromatic heterocycles. The highest BCUT2D eigenvalue weighted by molar-refractivity contribution is 5.89. The molecule has 0 saturated carbocycles. The van der Waals surface area contributed by atoms with Gasteiger partial charge in [-0.15, -0.1) is 0 Å². The van der Waals surface area contributed by atoms with Crippen molar-refractivity contribution in [3.05, 3.63) is 71.8 Å². The van der Waals surface area contributed by atoms with Crippen LogP contribution in [-0.4, -0.2) is 44.0 Å². The molecule has 6 heteroatoms. The Labute approximate surface area is 150 Å². The minimum atomic E-state index is -1.28. The Balaban J connectivity index is 1.53. The Morgan fingerprint density at radius 3 is 1.92 bits per heavy atom. The van der Waals surface area contributed by atoms with Crippen molar-refractivity contribution in [2.24, 2.45) is 5.92 Å². The molecule has 1 unspecified atom stereocenters. The van der Waals surface area contributed by atoms with Crippen LogP contribution in [0.4, 0.5) is 4.39 Å². The van der Waals surface area contributed by atoms with Crippen LogP contribution in [0.3, 0.4) is 0 Å². The second-order valence-electron chi connectivity index (χ2n) is 5.98. The lowest BCUT2D eigenvalue weighted by molar-refractivity contribution is -0.00672. The number of rotatable bonds is 6. The van der Waals surface area contributed by atoms with Gasteiger partial charge in [-0.1, -0.05) is 36.4 Å². The third-order valence-corrected chi connectivity index (χ3v) is 4.22. The largest absolute Gasteiger partial charge is 0.462 e. The zero-order chi connectivity index (χ0) is 18.4. The SMILES string of the molecule is O=C(OC[C@@H]1OCC(F)[C@@H]1COC(=O)c1ccccc1)c1ccccc1. The minimum Gasteiger partial charge on any atom is -0.462 e. The second kappa shape index (κ2) is 8.58. The fourth-order valence-electron chi connectivity index (χ4n) is 2.72. The number of ether oxygens (including phenoxy) is 3. The molecule has 2 aromatic carbocycles. The highest BCUT2D eigenvalue weighted by Gasteiger charge is 2.39. The van der Waals surface area contributed by atoms with Gasteiger partial charge in [0.05, 0.1) is 30.3 Å². The molecule has 136 valence electrons. The van der Waals surface area contributed by atoms with Gasteiger partial charge in [-0.2, -0.15) is 0 Å². The molecule has 5 nitrogen and oxygen atoms in total. The van der Waals surface area contributed by atoms with Gasteiger partial charge in [0.15, 0.2) is 0 Å². The van der Waals surface area contributed by atoms with Crippen molar-refractivity contribution in [2.75, 3.05) is 19.8 Å². The van der Waals surface area contributed by atoms with E-state index in [-0.39, 0.29) is 19.8 Å². The lowest BCUT2D eigenvalue weighted by Crippen LogP contribution is -2.32. The van der Waals surface area contributed by atoms with Gasteiger partial charge in [0.1, 0.15) is 18.9 Å². The van der Waals surface area contributed by atoms with Gasteiger partial charge in [0, 0.05) is 0 Å². The van der Waals surface area contributed by atoms with Crippen molar-refractivity contribution in [3.63, 3.8) is 0 Å². The molecule has 1 fully saturated rings. The summed E-state index contributed by atoms with van der Waals surface area (Å²) in [4.78, 5) is 24.0. The molecule has 0 amide bonds. The maximum atomic E-state index is 14.1. The van der Waals surface area contributed by atoms with Crippen molar-refractivity contribution < 1.29 is 28.2 Å². The third kappa shape index (κ3) is 4.46. The molecule has 0 N–H and O–H groups in total. The molecule has 1 aliphatic rings. The molecular weight excluding hydrogens is 339 g/mol. The van der Waals surface area contributed by atoms with E-state index in [1.165, 1.54) is 0 Å². The highest BCUT2D eigenvalue weighted by atomic mass is 19.1. The first-order valence-electron chi connectivity index (χ1n) is 8.35. The Hall–Kier alpha value is -2.73. The predicted molar refractivity (Wildman–Crippen MR) is 91.6 cm³/mol. The standard InChI is InChI=1S/C20H19FO5/c21-17-12-24-18(13-26-20(23)15-9-5-2-6-10-15)16(17)11-25-19(22)14-7-3-1-4-8-14/h1-10,16-18H,11-13H2/t16-,17?,18-/m0/s1. The first-order chi connectivity index (χ1) is 12.6. The maximum Gasteiger partial charge on any atom is 0.338 e. The van der Waals surface area contributed by atoms with Crippen LogP contribution in [0.15, 0.2) is 60.7 Å². The molecule has 1 heterocycles. The summed E-state index contributed by atoms with van der Waals surface area (Å²) in [5.74, 6) is -1.70. The van der Waals surface area contributed by atoms with Gasteiger partial charge in [-0.05, 0) is 24.3 Å². The van der Waals surface area contributed by atoms with E-state index in [4.69, 9.17) is 14.2 Å². The van der Waals surface area contributed by atoms with E-state index in [1.807, 2.05) is 0 Å². The smallest absolute Gasteiger partial charge is 0.338 e. The molecule has 0 radical (unpaired) electrons. The van der Waals surface area contributed by atoms with Gasteiger partial charge in [0.25, 0.3) is 0 Å². The zero-order valence-corrected chi connectivity index (χ0v) is 14.0. The van der Waals surface area contributed by atoms with Crippen molar-refractivity contribution in [2.45, 2.75) is 12.3 Å². The number of alkyl halides is 1. The fourth-order valence-corrected chi connectivity index (χ4v) is 2.72. The summed E-state index contributed by atoms with van der Waals surface area (Å²) in [6.07, 6.45) is -1.93. The number of carbonyl (C=O) groups is 2. The summed E-state index contributed by atoms with van der Waals surface area (Å²) in [6.45, 7) is -0.342. The van der Waals surface area contributed by atoms with E-state index in [0.717, 1.165) is 0 Å². The third-order valence-electron chi connectivity index (χ3n) is 4.22. The Bertz CT molecular complexity index is 734. The number of benzene rings is 2. The lowest BCUT2D eigenvalue weighted by atomic mass is 10.0. The lowest BCUT2D eigenvalue weighted by Gasteiger charge is -2.19. The molecule has 2 aromatic rings. The summed E-state index contributed by atoms with van der Waals surface area (Å²) < 4.78 is 29.9. The second-order valence-corrected chi connectivity index (χ2v) is 5.98. The van der Waals surface area contributed by atoms with Gasteiger partial charge in [-0.25, -0.2) is 14.0 Å². The summed E-state index contributed by atoms with van der Waals surface area (Å²) in [5, 5.41) is 0. The predicted octanol–water partition coefficient (Wildman–Crippen LogP) is 3.05. The van der Waals surface area contributed by atoms with Gasteiger partial charge in [0.2, 0.25) is 0 Å². The van der Waals surface area contributed by atoms with Crippen LogP contribution < -0.4 is 0 Å². The molecule has 26 heavy (non-hydrogen) atoms. The van der Waals surface area contributed by atoms with E-state index in [9.17, 15) is 14.0 Å². The van der Waals surface area contributed by atoms with Crippen LogP contribution in [0.2, 0.25) is 0 Å². The molecule has 3 atom stereocenters. The maximum absolute atomic E-state index is 14.1. The van der Waals surface area contributed by atoms with Crippen molar-refractivity contribution in [1.29, 1.82) is 0 Å². The Morgan fingerprint density at radius 2 is 1.38 bits per heavy atom. The highest BCUT2D eigenvalue weighted by Crippen LogP contribution is 2.25. The molecule has 0 spiro atoms. The quantitative estimate of drug-likeness (QED) is 0.743. The fraction of sp³-hybridized carbons (Fsp3) is 0.300.